The topological polar surface area (TPSA) is 111 Å². The van der Waals surface area contributed by atoms with Gasteiger partial charge in [-0.05, 0) is 37.1 Å². The Hall–Kier alpha value is -3.29. The van der Waals surface area contributed by atoms with E-state index >= 15 is 0 Å². The summed E-state index contributed by atoms with van der Waals surface area (Å²) in [5, 5.41) is 17.2. The molecule has 0 aromatic carbocycles. The van der Waals surface area contributed by atoms with Gasteiger partial charge < -0.3 is 15.5 Å². The molecule has 0 radical (unpaired) electrons. The number of nitrogens with zero attached hydrogens (tertiary/aromatic N) is 4. The van der Waals surface area contributed by atoms with Crippen LogP contribution in [-0.4, -0.2) is 34.9 Å². The summed E-state index contributed by atoms with van der Waals surface area (Å²) in [6, 6.07) is 9.64. The highest BCUT2D eigenvalue weighted by atomic mass is 32.1. The van der Waals surface area contributed by atoms with Crippen molar-refractivity contribution in [2.24, 2.45) is 5.92 Å². The monoisotopic (exact) mass is 466 g/mol. The first kappa shape index (κ1) is 21.9. The van der Waals surface area contributed by atoms with E-state index in [0.717, 1.165) is 47.2 Å². The van der Waals surface area contributed by atoms with Gasteiger partial charge in [-0.25, -0.2) is 9.97 Å². The highest BCUT2D eigenvalue weighted by Gasteiger charge is 2.26. The molecule has 32 heavy (non-hydrogen) atoms. The van der Waals surface area contributed by atoms with Crippen molar-refractivity contribution in [2.75, 3.05) is 23.3 Å². The third-order valence-electron chi connectivity index (χ3n) is 5.23. The van der Waals surface area contributed by atoms with Crippen molar-refractivity contribution in [3.8, 4) is 16.6 Å². The SMILES string of the molecule is CC(=O)NCc1ccc(-c2csc(NC(=O)C3CCN(c4ccc(C#N)cn4)CC3)n2)s1. The summed E-state index contributed by atoms with van der Waals surface area (Å²) in [7, 11) is 0. The fraction of sp³-hybridized carbons (Fsp3) is 0.318. The third-order valence-corrected chi connectivity index (χ3v) is 7.09. The second-order valence-electron chi connectivity index (χ2n) is 7.48. The predicted molar refractivity (Wildman–Crippen MR) is 125 cm³/mol. The quantitative estimate of drug-likeness (QED) is 0.574. The summed E-state index contributed by atoms with van der Waals surface area (Å²) < 4.78 is 0. The summed E-state index contributed by atoms with van der Waals surface area (Å²) >= 11 is 2.99. The molecule has 0 unspecified atom stereocenters. The number of pyridine rings is 1. The summed E-state index contributed by atoms with van der Waals surface area (Å²) in [6.45, 7) is 3.49. The van der Waals surface area contributed by atoms with E-state index in [1.807, 2.05) is 23.6 Å². The van der Waals surface area contributed by atoms with Crippen LogP contribution in [0.25, 0.3) is 10.6 Å². The van der Waals surface area contributed by atoms with Gasteiger partial charge in [0.15, 0.2) is 5.13 Å². The van der Waals surface area contributed by atoms with Gasteiger partial charge >= 0.3 is 0 Å². The first-order valence-electron chi connectivity index (χ1n) is 10.2. The number of carbonyl (C=O) groups excluding carboxylic acids is 2. The molecule has 3 aromatic rings. The van der Waals surface area contributed by atoms with Gasteiger partial charge in [0.1, 0.15) is 11.9 Å². The number of anilines is 2. The lowest BCUT2D eigenvalue weighted by molar-refractivity contribution is -0.120. The normalized spacial score (nSPS) is 14.1. The minimum atomic E-state index is -0.0667. The molecule has 4 rings (SSSR count). The molecule has 0 atom stereocenters. The van der Waals surface area contributed by atoms with Crippen LogP contribution in [0.5, 0.6) is 0 Å². The van der Waals surface area contributed by atoms with E-state index in [1.165, 1.54) is 18.3 Å². The van der Waals surface area contributed by atoms with Gasteiger partial charge in [-0.2, -0.15) is 5.26 Å². The Morgan fingerprint density at radius 2 is 2.06 bits per heavy atom. The number of thiophene rings is 1. The van der Waals surface area contributed by atoms with E-state index < -0.39 is 0 Å². The number of aromatic nitrogens is 2. The van der Waals surface area contributed by atoms with Crippen LogP contribution in [0.1, 0.15) is 30.2 Å². The van der Waals surface area contributed by atoms with Gasteiger partial charge in [0.25, 0.3) is 0 Å². The molecule has 1 aliphatic heterocycles. The second kappa shape index (κ2) is 9.89. The van der Waals surface area contributed by atoms with Gasteiger partial charge in [0, 0.05) is 42.4 Å². The van der Waals surface area contributed by atoms with Gasteiger partial charge in [0.2, 0.25) is 11.8 Å². The fourth-order valence-electron chi connectivity index (χ4n) is 3.48. The van der Waals surface area contributed by atoms with E-state index in [0.29, 0.717) is 17.2 Å². The molecule has 2 amide bonds. The number of rotatable bonds is 6. The summed E-state index contributed by atoms with van der Waals surface area (Å²) in [6.07, 6.45) is 3.05. The number of amides is 2. The molecule has 8 nitrogen and oxygen atoms in total. The lowest BCUT2D eigenvalue weighted by Gasteiger charge is -2.31. The Morgan fingerprint density at radius 3 is 2.75 bits per heavy atom. The van der Waals surface area contributed by atoms with Crippen molar-refractivity contribution in [3.63, 3.8) is 0 Å². The summed E-state index contributed by atoms with van der Waals surface area (Å²) in [5.41, 5.74) is 1.36. The zero-order valence-electron chi connectivity index (χ0n) is 17.5. The largest absolute Gasteiger partial charge is 0.357 e. The zero-order chi connectivity index (χ0) is 22.5. The van der Waals surface area contributed by atoms with Crippen LogP contribution in [0.2, 0.25) is 0 Å². The van der Waals surface area contributed by atoms with Crippen LogP contribution in [0.4, 0.5) is 10.9 Å². The smallest absolute Gasteiger partial charge is 0.229 e. The van der Waals surface area contributed by atoms with E-state index in [-0.39, 0.29) is 17.7 Å². The maximum atomic E-state index is 12.7. The maximum absolute atomic E-state index is 12.7. The van der Waals surface area contributed by atoms with Crippen molar-refractivity contribution in [2.45, 2.75) is 26.3 Å². The lowest BCUT2D eigenvalue weighted by atomic mass is 9.96. The van der Waals surface area contributed by atoms with Crippen LogP contribution >= 0.6 is 22.7 Å². The fourth-order valence-corrected chi connectivity index (χ4v) is 5.18. The molecule has 0 bridgehead atoms. The van der Waals surface area contributed by atoms with Crippen LogP contribution in [0.15, 0.2) is 35.8 Å². The average molecular weight is 467 g/mol. The van der Waals surface area contributed by atoms with Crippen molar-refractivity contribution in [3.05, 3.63) is 46.3 Å². The molecule has 0 saturated carbocycles. The number of carbonyl (C=O) groups is 2. The van der Waals surface area contributed by atoms with E-state index in [1.54, 1.807) is 23.6 Å². The second-order valence-corrected chi connectivity index (χ2v) is 9.51. The van der Waals surface area contributed by atoms with Gasteiger partial charge in [-0.15, -0.1) is 22.7 Å². The molecule has 3 aromatic heterocycles. The van der Waals surface area contributed by atoms with Gasteiger partial charge in [0.05, 0.1) is 22.7 Å². The average Bonchev–Trinajstić information content (AvgIpc) is 3.47. The van der Waals surface area contributed by atoms with Gasteiger partial charge in [-0.1, -0.05) is 0 Å². The van der Waals surface area contributed by atoms with Crippen LogP contribution in [0.3, 0.4) is 0 Å². The Kier molecular flexibility index (Phi) is 6.78. The molecular formula is C22H22N6O2S2. The Labute approximate surface area is 193 Å². The number of hydrogen-bond acceptors (Lipinski definition) is 8. The highest BCUT2D eigenvalue weighted by Crippen LogP contribution is 2.31. The third kappa shape index (κ3) is 5.30. The number of hydrogen-bond donors (Lipinski definition) is 2. The molecule has 164 valence electrons. The number of nitrogens with one attached hydrogen (secondary N) is 2. The van der Waals surface area contributed by atoms with E-state index in [4.69, 9.17) is 5.26 Å². The molecule has 1 saturated heterocycles. The molecule has 0 spiro atoms. The highest BCUT2D eigenvalue weighted by molar-refractivity contribution is 7.17. The van der Waals surface area contributed by atoms with Crippen LogP contribution < -0.4 is 15.5 Å². The maximum Gasteiger partial charge on any atom is 0.229 e. The molecule has 2 N–H and O–H groups in total. The van der Waals surface area contributed by atoms with Crippen molar-refractivity contribution >= 4 is 45.4 Å². The number of thiazole rings is 1. The minimum Gasteiger partial charge on any atom is -0.357 e. The van der Waals surface area contributed by atoms with Crippen molar-refractivity contribution in [1.29, 1.82) is 5.26 Å². The first-order chi connectivity index (χ1) is 15.5. The van der Waals surface area contributed by atoms with Crippen LogP contribution in [-0.2, 0) is 16.1 Å². The summed E-state index contributed by atoms with van der Waals surface area (Å²) in [4.78, 5) is 36.9. The van der Waals surface area contributed by atoms with E-state index in [9.17, 15) is 9.59 Å². The van der Waals surface area contributed by atoms with Gasteiger partial charge in [-0.3, -0.25) is 9.59 Å². The van der Waals surface area contributed by atoms with E-state index in [2.05, 4.69) is 31.6 Å². The standard InChI is InChI=1S/C22H22N6O2S2/c1-14(29)24-12-17-3-4-19(32-17)18-13-31-22(26-18)27-21(30)16-6-8-28(9-7-16)20-5-2-15(10-23)11-25-20/h2-5,11,13,16H,6-9,12H2,1H3,(H,24,29)(H,26,27,30). The number of nitriles is 1. The first-order valence-corrected chi connectivity index (χ1v) is 11.9. The zero-order valence-corrected chi connectivity index (χ0v) is 19.1. The van der Waals surface area contributed by atoms with Crippen LogP contribution in [0, 0.1) is 17.2 Å². The minimum absolute atomic E-state index is 0.00383. The van der Waals surface area contributed by atoms with Crippen molar-refractivity contribution in [1.82, 2.24) is 15.3 Å². The predicted octanol–water partition coefficient (Wildman–Crippen LogP) is 3.63. The Bertz CT molecular complexity index is 1140. The summed E-state index contributed by atoms with van der Waals surface area (Å²) in [5.74, 6) is 0.706. The molecule has 1 aliphatic rings. The molecular weight excluding hydrogens is 444 g/mol. The number of piperidine rings is 1. The molecule has 0 aliphatic carbocycles. The molecule has 4 heterocycles. The lowest BCUT2D eigenvalue weighted by Crippen LogP contribution is -2.38. The Morgan fingerprint density at radius 1 is 1.25 bits per heavy atom. The Balaban J connectivity index is 1.30. The molecule has 10 heteroatoms. The van der Waals surface area contributed by atoms with Crippen molar-refractivity contribution < 1.29 is 9.59 Å². The molecule has 1 fully saturated rings.